The molecule has 0 unspecified atom stereocenters. The number of halogens is 3. The van der Waals surface area contributed by atoms with E-state index in [1.54, 1.807) is 24.3 Å². The maximum atomic E-state index is 12.7. The van der Waals surface area contributed by atoms with Gasteiger partial charge in [0.1, 0.15) is 5.56 Å². The lowest BCUT2D eigenvalue weighted by Gasteiger charge is -2.15. The van der Waals surface area contributed by atoms with Gasteiger partial charge in [0.2, 0.25) is 5.91 Å². The summed E-state index contributed by atoms with van der Waals surface area (Å²) in [6, 6.07) is 36.0. The first-order chi connectivity index (χ1) is 40.9. The first-order valence-corrected chi connectivity index (χ1v) is 30.8. The topological polar surface area (TPSA) is 110 Å². The molecule has 0 aromatic heterocycles. The van der Waals surface area contributed by atoms with Crippen LogP contribution < -0.4 is 16.4 Å². The van der Waals surface area contributed by atoms with Crippen molar-refractivity contribution in [2.45, 2.75) is 174 Å². The number of para-hydroxylation sites is 4. The Morgan fingerprint density at radius 1 is 0.452 bits per heavy atom. The smallest absolute Gasteiger partial charge is 0.398 e. The minimum Gasteiger partial charge on any atom is -0.398 e. The second-order valence-electron chi connectivity index (χ2n) is 22.4. The zero-order valence-electron chi connectivity index (χ0n) is 49.5. The molecule has 1 amide bonds. The Hall–Kier alpha value is -7.84. The van der Waals surface area contributed by atoms with E-state index >= 15 is 0 Å². The van der Waals surface area contributed by atoms with Crippen molar-refractivity contribution in [2.75, 3.05) is 23.4 Å². The largest absolute Gasteiger partial charge is 0.417 e. The number of nitrogens with one attached hydrogen (secondary N) is 2. The Labute approximate surface area is 499 Å². The van der Waals surface area contributed by atoms with Crippen LogP contribution in [0.25, 0.3) is 0 Å². The summed E-state index contributed by atoms with van der Waals surface area (Å²) in [4.78, 5) is 21.6. The Morgan fingerprint density at radius 3 is 1.15 bits per heavy atom. The number of nitrogens with zero attached hydrogens (tertiary/aromatic N) is 1. The van der Waals surface area contributed by atoms with Crippen LogP contribution in [-0.4, -0.2) is 17.9 Å². The molecule has 0 radical (unpaired) electrons. The van der Waals surface area contributed by atoms with Crippen LogP contribution in [-0.2, 0) is 11.0 Å². The quantitative estimate of drug-likeness (QED) is 0.0721. The van der Waals surface area contributed by atoms with Gasteiger partial charge < -0.3 is 16.4 Å². The number of hydrogen-bond donors (Lipinski definition) is 3. The van der Waals surface area contributed by atoms with Crippen molar-refractivity contribution in [2.24, 2.45) is 29.6 Å². The van der Waals surface area contributed by atoms with Crippen LogP contribution in [0.15, 0.2) is 121 Å². The molecule has 10 heteroatoms. The van der Waals surface area contributed by atoms with Crippen molar-refractivity contribution in [1.82, 2.24) is 0 Å². The van der Waals surface area contributed by atoms with Gasteiger partial charge in [-0.15, -0.1) is 0 Å². The fraction of sp³-hybridized carbons (Fsp3) is 0.446. The molecule has 0 bridgehead atoms. The number of nitrogens with two attached hydrogens (primary N) is 1. The number of alkyl halides is 3. The molecule has 10 rings (SSSR count). The van der Waals surface area contributed by atoms with E-state index in [1.165, 1.54) is 147 Å². The van der Waals surface area contributed by atoms with E-state index in [-0.39, 0.29) is 28.0 Å². The molecular weight excluding hydrogens is 1050 g/mol. The van der Waals surface area contributed by atoms with E-state index in [2.05, 4.69) is 82.0 Å². The normalized spacial score (nSPS) is 16.3. The van der Waals surface area contributed by atoms with Crippen LogP contribution in [0.1, 0.15) is 201 Å². The van der Waals surface area contributed by atoms with Gasteiger partial charge in [-0.3, -0.25) is 14.9 Å². The monoisotopic (exact) mass is 1130 g/mol. The number of amides is 1. The summed E-state index contributed by atoms with van der Waals surface area (Å²) in [6.07, 6.45) is 26.9. The molecule has 5 aliphatic rings. The minimum atomic E-state index is -4.32. The average Bonchev–Trinajstić information content (AvgIpc) is 3.60. The summed E-state index contributed by atoms with van der Waals surface area (Å²) in [5.74, 6) is 34.1. The zero-order valence-corrected chi connectivity index (χ0v) is 49.5. The predicted octanol–water partition coefficient (Wildman–Crippen LogP) is 18.6. The van der Waals surface area contributed by atoms with Crippen LogP contribution in [0.3, 0.4) is 0 Å². The number of anilines is 3. The van der Waals surface area contributed by atoms with Gasteiger partial charge in [0.05, 0.1) is 16.2 Å². The highest BCUT2D eigenvalue weighted by Crippen LogP contribution is 2.32. The molecule has 0 atom stereocenters. The maximum Gasteiger partial charge on any atom is 0.417 e. The molecule has 5 aromatic carbocycles. The molecule has 5 fully saturated rings. The van der Waals surface area contributed by atoms with Crippen LogP contribution in [0.2, 0.25) is 0 Å². The Balaban J connectivity index is 0.000000169. The lowest BCUT2D eigenvalue weighted by Crippen LogP contribution is -2.08. The second kappa shape index (κ2) is 36.7. The summed E-state index contributed by atoms with van der Waals surface area (Å²) in [7, 11) is 1.95. The van der Waals surface area contributed by atoms with E-state index in [0.717, 1.165) is 78.3 Å². The van der Waals surface area contributed by atoms with E-state index < -0.39 is 11.7 Å². The van der Waals surface area contributed by atoms with Crippen molar-refractivity contribution in [3.8, 4) is 59.2 Å². The van der Waals surface area contributed by atoms with Gasteiger partial charge in [-0.25, -0.2) is 0 Å². The van der Waals surface area contributed by atoms with Gasteiger partial charge in [-0.1, -0.05) is 216 Å². The number of hydrogen-bond acceptors (Lipinski definition) is 5. The molecule has 5 aliphatic carbocycles. The van der Waals surface area contributed by atoms with E-state index in [1.807, 2.05) is 67.7 Å². The highest BCUT2D eigenvalue weighted by molar-refractivity contribution is 5.90. The number of carbonyl (C=O) groups is 1. The number of nitro benzene ring substituents is 1. The van der Waals surface area contributed by atoms with Gasteiger partial charge in [-0.05, 0) is 119 Å². The van der Waals surface area contributed by atoms with E-state index in [0.29, 0.717) is 29.2 Å². The molecule has 0 spiro atoms. The summed E-state index contributed by atoms with van der Waals surface area (Å²) in [6.45, 7) is 1.52. The predicted molar refractivity (Wildman–Crippen MR) is 339 cm³/mol. The average molecular weight is 1140 g/mol. The third-order valence-electron chi connectivity index (χ3n) is 15.8. The molecule has 440 valence electrons. The first kappa shape index (κ1) is 65.3. The van der Waals surface area contributed by atoms with Crippen LogP contribution in [0.4, 0.5) is 35.9 Å². The molecule has 0 heterocycles. The van der Waals surface area contributed by atoms with Gasteiger partial charge in [-0.2, -0.15) is 13.2 Å². The summed E-state index contributed by atoms with van der Waals surface area (Å²) < 4.78 is 38.2. The Kier molecular flexibility index (Phi) is 28.5. The Bertz CT molecular complexity index is 3170. The van der Waals surface area contributed by atoms with E-state index in [4.69, 9.17) is 5.73 Å². The van der Waals surface area contributed by atoms with Crippen LogP contribution >= 0.6 is 0 Å². The number of benzene rings is 5. The highest BCUT2D eigenvalue weighted by Gasteiger charge is 2.32. The number of nitrogen functional groups attached to an aromatic ring is 1. The highest BCUT2D eigenvalue weighted by atomic mass is 19.4. The summed E-state index contributed by atoms with van der Waals surface area (Å²) in [5.41, 5.74) is 11.7. The summed E-state index contributed by atoms with van der Waals surface area (Å²) >= 11 is 0. The fourth-order valence-electron chi connectivity index (χ4n) is 11.0. The van der Waals surface area contributed by atoms with Crippen molar-refractivity contribution >= 4 is 28.7 Å². The number of carbonyl (C=O) groups excluding carboxylic acids is 1. The van der Waals surface area contributed by atoms with Crippen molar-refractivity contribution in [3.05, 3.63) is 165 Å². The fourth-order valence-corrected chi connectivity index (χ4v) is 11.0. The van der Waals surface area contributed by atoms with Gasteiger partial charge in [0, 0.05) is 83.3 Å². The maximum absolute atomic E-state index is 12.7. The standard InChI is InChI=1S/C16H19NO.C15H15F3.C15H19N.C14H15NO2.C14H17N/c1-13(18)17-16-10-6-5-9-15(16)12-11-14-7-3-2-4-8-14;16-15(17,18)14-9-5-4-8-13(14)11-10-12-6-2-1-3-7-12;1-16-15-10-6-5-9-14(15)12-11-13-7-3-2-4-8-13;16-15(17)14-9-5-4-8-13(14)11-10-12-6-2-1-3-7-12;15-14-9-5-4-8-13(14)11-10-12-6-2-1-3-7-12/h5-6,9-10,14H,2-4,7-8H2,1H3,(H,17,18);4-5,8-9,12H,1-3,6-7H2;5-6,9-10,13,16H,2-4,7-8H2,1H3;4-5,8-9,12H,1-3,6-7H2;4-5,8-9,12H,1-3,6-7,15H2. The molecule has 0 aliphatic heterocycles. The first-order valence-electron chi connectivity index (χ1n) is 30.8. The summed E-state index contributed by atoms with van der Waals surface area (Å²) in [5, 5.41) is 16.8. The Morgan fingerprint density at radius 2 is 0.762 bits per heavy atom. The van der Waals surface area contributed by atoms with Gasteiger partial charge in [0.15, 0.2) is 0 Å². The molecule has 7 nitrogen and oxygen atoms in total. The van der Waals surface area contributed by atoms with Crippen molar-refractivity contribution in [1.29, 1.82) is 0 Å². The van der Waals surface area contributed by atoms with Crippen LogP contribution in [0, 0.1) is 98.9 Å². The lowest BCUT2D eigenvalue weighted by molar-refractivity contribution is -0.385. The van der Waals surface area contributed by atoms with Crippen molar-refractivity contribution < 1.29 is 22.9 Å². The number of nitro groups is 1. The van der Waals surface area contributed by atoms with Crippen LogP contribution in [0.5, 0.6) is 0 Å². The molecule has 0 saturated heterocycles. The molecule has 84 heavy (non-hydrogen) atoms. The third kappa shape index (κ3) is 24.2. The minimum absolute atomic E-state index is 0.0538. The van der Waals surface area contributed by atoms with Gasteiger partial charge >= 0.3 is 6.18 Å². The molecule has 5 saturated carbocycles. The third-order valence-corrected chi connectivity index (χ3v) is 15.8. The van der Waals surface area contributed by atoms with Gasteiger partial charge in [0.25, 0.3) is 5.69 Å². The second-order valence-corrected chi connectivity index (χ2v) is 22.4. The van der Waals surface area contributed by atoms with E-state index in [9.17, 15) is 28.1 Å². The zero-order chi connectivity index (χ0) is 59.6. The number of rotatable bonds is 3. The SMILES string of the molecule is CC(=O)Nc1ccccc1C#CC1CCCCC1.CNc1ccccc1C#CC1CCCCC1.FC(F)(F)c1ccccc1C#CC1CCCCC1.Nc1ccccc1C#CC1CCCCC1.O=[N+]([O-])c1ccccc1C#CC1CCCCC1. The van der Waals surface area contributed by atoms with Crippen molar-refractivity contribution in [3.63, 3.8) is 0 Å². The lowest BCUT2D eigenvalue weighted by atomic mass is 9.89. The molecule has 5 aromatic rings. The molecule has 4 N–H and O–H groups in total. The molecular formula is C74H85F3N4O3.